The van der Waals surface area contributed by atoms with Crippen molar-refractivity contribution < 1.29 is 23.3 Å². The van der Waals surface area contributed by atoms with Gasteiger partial charge in [0.05, 0.1) is 36.0 Å². The van der Waals surface area contributed by atoms with Crippen LogP contribution in [0.25, 0.3) is 11.6 Å². The van der Waals surface area contributed by atoms with E-state index >= 15 is 0 Å². The van der Waals surface area contributed by atoms with Crippen molar-refractivity contribution in [3.8, 4) is 29.1 Å². The Balaban J connectivity index is 1.93. The Morgan fingerprint density at radius 2 is 1.70 bits per heavy atom. The molecule has 0 aliphatic heterocycles. The highest BCUT2D eigenvalue weighted by Crippen LogP contribution is 2.37. The number of ether oxygens (including phenoxy) is 4. The summed E-state index contributed by atoms with van der Waals surface area (Å²) in [4.78, 5) is 0. The molecular formula is C26H23FINO4. The molecule has 7 heteroatoms. The van der Waals surface area contributed by atoms with E-state index in [2.05, 4.69) is 28.7 Å². The van der Waals surface area contributed by atoms with Crippen LogP contribution in [0.3, 0.4) is 0 Å². The molecule has 0 spiro atoms. The van der Waals surface area contributed by atoms with Crippen molar-refractivity contribution in [3.63, 3.8) is 0 Å². The van der Waals surface area contributed by atoms with Gasteiger partial charge in [-0.15, -0.1) is 0 Å². The van der Waals surface area contributed by atoms with Crippen LogP contribution in [0.4, 0.5) is 4.39 Å². The minimum absolute atomic E-state index is 0.278. The van der Waals surface area contributed by atoms with E-state index in [0.29, 0.717) is 40.7 Å². The molecule has 33 heavy (non-hydrogen) atoms. The number of allylic oxidation sites excluding steroid dienone is 1. The maximum absolute atomic E-state index is 13.2. The first-order chi connectivity index (χ1) is 16.0. The molecule has 0 bridgehead atoms. The van der Waals surface area contributed by atoms with Gasteiger partial charge in [-0.3, -0.25) is 0 Å². The Morgan fingerprint density at radius 1 is 0.970 bits per heavy atom. The van der Waals surface area contributed by atoms with E-state index in [1.54, 1.807) is 44.6 Å². The van der Waals surface area contributed by atoms with Gasteiger partial charge >= 0.3 is 0 Å². The zero-order chi connectivity index (χ0) is 23.8. The molecule has 0 aliphatic rings. The summed E-state index contributed by atoms with van der Waals surface area (Å²) in [7, 11) is 3.12. The van der Waals surface area contributed by atoms with Crippen molar-refractivity contribution in [3.05, 3.63) is 80.7 Å². The third-order valence-electron chi connectivity index (χ3n) is 4.75. The minimum Gasteiger partial charge on any atom is -0.493 e. The van der Waals surface area contributed by atoms with Crippen molar-refractivity contribution in [2.45, 2.75) is 13.5 Å². The van der Waals surface area contributed by atoms with E-state index in [0.717, 1.165) is 14.7 Å². The maximum atomic E-state index is 13.2. The van der Waals surface area contributed by atoms with Crippen LogP contribution in [0.2, 0.25) is 0 Å². The number of rotatable bonds is 9. The second-order valence-corrected chi connectivity index (χ2v) is 8.08. The Bertz CT molecular complexity index is 1190. The number of benzene rings is 3. The summed E-state index contributed by atoms with van der Waals surface area (Å²) in [6.45, 7) is 2.63. The lowest BCUT2D eigenvalue weighted by molar-refractivity contribution is 0.267. The fourth-order valence-corrected chi connectivity index (χ4v) is 3.94. The predicted octanol–water partition coefficient (Wildman–Crippen LogP) is 6.49. The summed E-state index contributed by atoms with van der Waals surface area (Å²) < 4.78 is 36.4. The highest BCUT2D eigenvalue weighted by molar-refractivity contribution is 14.1. The molecule has 3 aromatic rings. The summed E-state index contributed by atoms with van der Waals surface area (Å²) in [6.07, 6.45) is 1.79. The molecule has 3 rings (SSSR count). The zero-order valence-electron chi connectivity index (χ0n) is 18.5. The molecule has 0 aromatic heterocycles. The van der Waals surface area contributed by atoms with Gasteiger partial charge in [-0.05, 0) is 94.7 Å². The van der Waals surface area contributed by atoms with E-state index in [4.69, 9.17) is 18.9 Å². The van der Waals surface area contributed by atoms with Gasteiger partial charge in [0.15, 0.2) is 23.0 Å². The van der Waals surface area contributed by atoms with Crippen LogP contribution < -0.4 is 18.9 Å². The molecule has 5 nitrogen and oxygen atoms in total. The molecule has 170 valence electrons. The first-order valence-electron chi connectivity index (χ1n) is 10.2. The van der Waals surface area contributed by atoms with E-state index in [1.165, 1.54) is 12.1 Å². The smallest absolute Gasteiger partial charge is 0.175 e. The van der Waals surface area contributed by atoms with Crippen LogP contribution in [-0.4, -0.2) is 20.8 Å². The van der Waals surface area contributed by atoms with Crippen LogP contribution in [0, 0.1) is 20.7 Å². The molecular weight excluding hydrogens is 536 g/mol. The molecule has 0 saturated heterocycles. The first-order valence-corrected chi connectivity index (χ1v) is 11.2. The topological polar surface area (TPSA) is 60.7 Å². The quantitative estimate of drug-likeness (QED) is 0.171. The highest BCUT2D eigenvalue weighted by atomic mass is 127. The molecule has 0 radical (unpaired) electrons. The van der Waals surface area contributed by atoms with E-state index < -0.39 is 0 Å². The average Bonchev–Trinajstić information content (AvgIpc) is 2.82. The SMILES string of the molecule is CCOc1cc(/C=C(\C#N)c2ccc(OC)c(OC)c2)cc(I)c1OCc1ccc(F)cc1. The second-order valence-electron chi connectivity index (χ2n) is 6.92. The average molecular weight is 559 g/mol. The Morgan fingerprint density at radius 3 is 2.33 bits per heavy atom. The van der Waals surface area contributed by atoms with E-state index in [1.807, 2.05) is 25.1 Å². The number of halogens is 2. The third-order valence-corrected chi connectivity index (χ3v) is 5.56. The van der Waals surface area contributed by atoms with Crippen molar-refractivity contribution in [2.24, 2.45) is 0 Å². The Kier molecular flexibility index (Phi) is 8.55. The number of nitrogens with zero attached hydrogens (tertiary/aromatic N) is 1. The van der Waals surface area contributed by atoms with Gasteiger partial charge in [-0.2, -0.15) is 5.26 Å². The molecule has 3 aromatic carbocycles. The van der Waals surface area contributed by atoms with Crippen LogP contribution in [0.5, 0.6) is 23.0 Å². The normalized spacial score (nSPS) is 11.0. The van der Waals surface area contributed by atoms with Gasteiger partial charge in [-0.1, -0.05) is 12.1 Å². The number of hydrogen-bond donors (Lipinski definition) is 0. The lowest BCUT2D eigenvalue weighted by Crippen LogP contribution is -2.02. The predicted molar refractivity (Wildman–Crippen MR) is 134 cm³/mol. The van der Waals surface area contributed by atoms with Crippen LogP contribution >= 0.6 is 22.6 Å². The minimum atomic E-state index is -0.290. The number of methoxy groups -OCH3 is 2. The standard InChI is InChI=1S/C26H23FINO4/c1-4-32-25-13-18(11-20(15-29)19-7-10-23(30-2)24(14-19)31-3)12-22(28)26(25)33-16-17-5-8-21(27)9-6-17/h5-14H,4,16H2,1-3H3/b20-11+. The van der Waals surface area contributed by atoms with E-state index in [9.17, 15) is 9.65 Å². The largest absolute Gasteiger partial charge is 0.493 e. The monoisotopic (exact) mass is 559 g/mol. The maximum Gasteiger partial charge on any atom is 0.175 e. The third kappa shape index (κ3) is 6.17. The van der Waals surface area contributed by atoms with Gasteiger partial charge in [0.1, 0.15) is 12.4 Å². The van der Waals surface area contributed by atoms with Crippen molar-refractivity contribution in [1.29, 1.82) is 5.26 Å². The Labute approximate surface area is 206 Å². The van der Waals surface area contributed by atoms with Crippen molar-refractivity contribution >= 4 is 34.2 Å². The highest BCUT2D eigenvalue weighted by Gasteiger charge is 2.14. The van der Waals surface area contributed by atoms with Crippen LogP contribution in [0.15, 0.2) is 54.6 Å². The lowest BCUT2D eigenvalue weighted by Gasteiger charge is -2.15. The van der Waals surface area contributed by atoms with Gasteiger partial charge in [0.2, 0.25) is 0 Å². The summed E-state index contributed by atoms with van der Waals surface area (Å²) >= 11 is 2.18. The first kappa shape index (κ1) is 24.4. The summed E-state index contributed by atoms with van der Waals surface area (Å²) in [5, 5.41) is 9.78. The Hall–Kier alpha value is -3.25. The van der Waals surface area contributed by atoms with Crippen LogP contribution in [-0.2, 0) is 6.61 Å². The molecule has 0 fully saturated rings. The van der Waals surface area contributed by atoms with Gasteiger partial charge < -0.3 is 18.9 Å². The number of hydrogen-bond acceptors (Lipinski definition) is 5. The van der Waals surface area contributed by atoms with Gasteiger partial charge in [0.25, 0.3) is 0 Å². The van der Waals surface area contributed by atoms with Gasteiger partial charge in [0, 0.05) is 0 Å². The second kappa shape index (κ2) is 11.6. The summed E-state index contributed by atoms with van der Waals surface area (Å²) in [6, 6.07) is 17.5. The number of nitriles is 1. The van der Waals surface area contributed by atoms with E-state index in [-0.39, 0.29) is 12.4 Å². The molecule has 0 amide bonds. The summed E-state index contributed by atoms with van der Waals surface area (Å²) in [5.41, 5.74) is 2.82. The molecule has 0 atom stereocenters. The van der Waals surface area contributed by atoms with Gasteiger partial charge in [-0.25, -0.2) is 4.39 Å². The molecule has 0 unspecified atom stereocenters. The van der Waals surface area contributed by atoms with Crippen molar-refractivity contribution in [2.75, 3.05) is 20.8 Å². The fourth-order valence-electron chi connectivity index (χ4n) is 3.16. The molecule has 0 N–H and O–H groups in total. The fraction of sp³-hybridized carbons (Fsp3) is 0.192. The molecule has 0 heterocycles. The lowest BCUT2D eigenvalue weighted by atomic mass is 10.0. The molecule has 0 aliphatic carbocycles. The van der Waals surface area contributed by atoms with Crippen LogP contribution in [0.1, 0.15) is 23.6 Å². The summed E-state index contributed by atoms with van der Waals surface area (Å²) in [5.74, 6) is 2.02. The molecule has 0 saturated carbocycles. The zero-order valence-corrected chi connectivity index (χ0v) is 20.7. The van der Waals surface area contributed by atoms with Crippen molar-refractivity contribution in [1.82, 2.24) is 0 Å².